The highest BCUT2D eigenvalue weighted by Crippen LogP contribution is 2.22. The lowest BCUT2D eigenvalue weighted by atomic mass is 9.96. The fraction of sp³-hybridized carbons (Fsp3) is 0.647. The molecule has 1 aliphatic heterocycles. The molecule has 1 saturated heterocycles. The molecule has 1 aliphatic rings. The Hall–Kier alpha value is -0.910. The first-order chi connectivity index (χ1) is 10.3. The fourth-order valence-electron chi connectivity index (χ4n) is 3.14. The molecule has 1 aromatic carbocycles. The zero-order valence-electron chi connectivity index (χ0n) is 13.9. The number of rotatable bonds is 6. The highest BCUT2D eigenvalue weighted by atomic mass is 32.2. The van der Waals surface area contributed by atoms with Crippen molar-refractivity contribution in [2.24, 2.45) is 0 Å². The van der Waals surface area contributed by atoms with Crippen molar-refractivity contribution in [2.75, 3.05) is 32.1 Å². The Balaban J connectivity index is 1.84. The second-order valence-corrected chi connectivity index (χ2v) is 8.85. The minimum atomic E-state index is -2.87. The molecule has 0 N–H and O–H groups in total. The number of piperidine rings is 1. The molecule has 1 aromatic rings. The maximum absolute atomic E-state index is 11.3. The van der Waals surface area contributed by atoms with Gasteiger partial charge in [0.15, 0.2) is 0 Å². The number of nitrogens with zero attached hydrogens (tertiary/aromatic N) is 2. The van der Waals surface area contributed by atoms with Gasteiger partial charge >= 0.3 is 0 Å². The molecule has 0 spiro atoms. The van der Waals surface area contributed by atoms with Crippen LogP contribution in [0.5, 0.6) is 0 Å². The third-order valence-corrected chi connectivity index (χ3v) is 5.58. The Bertz CT molecular complexity index is 559. The van der Waals surface area contributed by atoms with Crippen LogP contribution in [0.25, 0.3) is 0 Å². The summed E-state index contributed by atoms with van der Waals surface area (Å²) in [6.07, 6.45) is 3.52. The average molecular weight is 324 g/mol. The largest absolute Gasteiger partial charge is 0.302 e. The van der Waals surface area contributed by atoms with Crippen LogP contribution in [-0.2, 0) is 16.4 Å². The summed E-state index contributed by atoms with van der Waals surface area (Å²) in [7, 11) is -0.824. The van der Waals surface area contributed by atoms with Crippen LogP contribution in [0.3, 0.4) is 0 Å². The zero-order chi connectivity index (χ0) is 16.2. The SMILES string of the molecule is CC1CC(N(C)CCS(C)(=O)=O)CCN1Cc1ccccc1. The number of sulfone groups is 1. The van der Waals surface area contributed by atoms with Gasteiger partial charge in [-0.3, -0.25) is 4.90 Å². The average Bonchev–Trinajstić information content (AvgIpc) is 2.47. The van der Waals surface area contributed by atoms with Gasteiger partial charge in [0, 0.05) is 38.0 Å². The monoisotopic (exact) mass is 324 g/mol. The summed E-state index contributed by atoms with van der Waals surface area (Å²) in [5.41, 5.74) is 1.36. The first kappa shape index (κ1) is 17.4. The summed E-state index contributed by atoms with van der Waals surface area (Å²) in [5, 5.41) is 0. The third-order valence-electron chi connectivity index (χ3n) is 4.65. The van der Waals surface area contributed by atoms with Crippen molar-refractivity contribution in [3.63, 3.8) is 0 Å². The van der Waals surface area contributed by atoms with Crippen molar-refractivity contribution in [1.82, 2.24) is 9.80 Å². The van der Waals surface area contributed by atoms with Crippen molar-refractivity contribution in [2.45, 2.75) is 38.4 Å². The summed E-state index contributed by atoms with van der Waals surface area (Å²) < 4.78 is 22.6. The number of hydrogen-bond acceptors (Lipinski definition) is 4. The van der Waals surface area contributed by atoms with E-state index in [0.717, 1.165) is 25.9 Å². The minimum absolute atomic E-state index is 0.252. The summed E-state index contributed by atoms with van der Waals surface area (Å²) in [6, 6.07) is 11.6. The predicted molar refractivity (Wildman–Crippen MR) is 91.7 cm³/mol. The molecular weight excluding hydrogens is 296 g/mol. The lowest BCUT2D eigenvalue weighted by molar-refractivity contribution is 0.0832. The van der Waals surface area contributed by atoms with Crippen molar-refractivity contribution < 1.29 is 8.42 Å². The predicted octanol–water partition coefficient (Wildman–Crippen LogP) is 2.02. The standard InChI is InChI=1S/C17H28N2O2S/c1-15-13-17(18(2)11-12-22(3,20)21)9-10-19(15)14-16-7-5-4-6-8-16/h4-8,15,17H,9-14H2,1-3H3. The van der Waals surface area contributed by atoms with E-state index < -0.39 is 9.84 Å². The molecule has 124 valence electrons. The maximum atomic E-state index is 11.3. The van der Waals surface area contributed by atoms with Gasteiger partial charge in [-0.05, 0) is 32.4 Å². The lowest BCUT2D eigenvalue weighted by Gasteiger charge is -2.41. The second-order valence-electron chi connectivity index (χ2n) is 6.59. The van der Waals surface area contributed by atoms with E-state index in [9.17, 15) is 8.42 Å². The van der Waals surface area contributed by atoms with Crippen LogP contribution in [0.4, 0.5) is 0 Å². The normalized spacial score (nSPS) is 23.8. The molecule has 5 heteroatoms. The van der Waals surface area contributed by atoms with Crippen molar-refractivity contribution in [3.8, 4) is 0 Å². The van der Waals surface area contributed by atoms with E-state index in [1.165, 1.54) is 11.8 Å². The summed E-state index contributed by atoms with van der Waals surface area (Å²) in [6.45, 7) is 4.99. The highest BCUT2D eigenvalue weighted by molar-refractivity contribution is 7.90. The van der Waals surface area contributed by atoms with Crippen LogP contribution < -0.4 is 0 Å². The van der Waals surface area contributed by atoms with E-state index in [0.29, 0.717) is 18.6 Å². The molecule has 0 bridgehead atoms. The van der Waals surface area contributed by atoms with Gasteiger partial charge < -0.3 is 4.90 Å². The molecule has 0 saturated carbocycles. The van der Waals surface area contributed by atoms with Crippen LogP contribution >= 0.6 is 0 Å². The van der Waals surface area contributed by atoms with Gasteiger partial charge in [0.1, 0.15) is 9.84 Å². The molecular formula is C17H28N2O2S. The highest BCUT2D eigenvalue weighted by Gasteiger charge is 2.27. The topological polar surface area (TPSA) is 40.6 Å². The quantitative estimate of drug-likeness (QED) is 0.803. The van der Waals surface area contributed by atoms with Crippen LogP contribution in [0, 0.1) is 0 Å². The molecule has 2 rings (SSSR count). The van der Waals surface area contributed by atoms with E-state index in [1.807, 2.05) is 0 Å². The summed E-state index contributed by atoms with van der Waals surface area (Å²) in [4.78, 5) is 4.74. The first-order valence-electron chi connectivity index (χ1n) is 8.01. The summed E-state index contributed by atoms with van der Waals surface area (Å²) in [5.74, 6) is 0.252. The Kier molecular flexibility index (Phi) is 6.01. The van der Waals surface area contributed by atoms with Gasteiger partial charge in [-0.15, -0.1) is 0 Å². The fourth-order valence-corrected chi connectivity index (χ4v) is 3.76. The van der Waals surface area contributed by atoms with Crippen LogP contribution in [0.2, 0.25) is 0 Å². The van der Waals surface area contributed by atoms with Gasteiger partial charge in [-0.25, -0.2) is 8.42 Å². The molecule has 22 heavy (non-hydrogen) atoms. The van der Waals surface area contributed by atoms with Gasteiger partial charge in [0.05, 0.1) is 5.75 Å². The Morgan fingerprint density at radius 1 is 1.27 bits per heavy atom. The van der Waals surface area contributed by atoms with Crippen molar-refractivity contribution >= 4 is 9.84 Å². The molecule has 1 heterocycles. The molecule has 1 fully saturated rings. The molecule has 2 unspecified atom stereocenters. The van der Waals surface area contributed by atoms with E-state index in [2.05, 4.69) is 54.1 Å². The molecule has 0 aromatic heterocycles. The zero-order valence-corrected chi connectivity index (χ0v) is 14.7. The smallest absolute Gasteiger partial charge is 0.148 e. The Morgan fingerprint density at radius 2 is 1.95 bits per heavy atom. The molecule has 0 aliphatic carbocycles. The third kappa shape index (κ3) is 5.38. The first-order valence-corrected chi connectivity index (χ1v) is 10.1. The number of likely N-dealkylation sites (tertiary alicyclic amines) is 1. The maximum Gasteiger partial charge on any atom is 0.148 e. The van der Waals surface area contributed by atoms with Crippen LogP contribution in [-0.4, -0.2) is 62.4 Å². The minimum Gasteiger partial charge on any atom is -0.302 e. The second kappa shape index (κ2) is 7.57. The van der Waals surface area contributed by atoms with Gasteiger partial charge in [-0.2, -0.15) is 0 Å². The molecule has 2 atom stereocenters. The number of benzene rings is 1. The van der Waals surface area contributed by atoms with Crippen molar-refractivity contribution in [3.05, 3.63) is 35.9 Å². The molecule has 4 nitrogen and oxygen atoms in total. The Morgan fingerprint density at radius 3 is 2.55 bits per heavy atom. The molecule has 0 amide bonds. The Labute approximate surface area is 135 Å². The summed E-state index contributed by atoms with van der Waals surface area (Å²) >= 11 is 0. The van der Waals surface area contributed by atoms with Crippen LogP contribution in [0.1, 0.15) is 25.3 Å². The van der Waals surface area contributed by atoms with Gasteiger partial charge in [0.2, 0.25) is 0 Å². The van der Waals surface area contributed by atoms with E-state index in [1.54, 1.807) is 0 Å². The number of hydrogen-bond donors (Lipinski definition) is 0. The van der Waals surface area contributed by atoms with Gasteiger partial charge in [0.25, 0.3) is 0 Å². The van der Waals surface area contributed by atoms with Gasteiger partial charge in [-0.1, -0.05) is 30.3 Å². The van der Waals surface area contributed by atoms with E-state index >= 15 is 0 Å². The van der Waals surface area contributed by atoms with Crippen LogP contribution in [0.15, 0.2) is 30.3 Å². The van der Waals surface area contributed by atoms with E-state index in [4.69, 9.17) is 0 Å². The van der Waals surface area contributed by atoms with Crippen molar-refractivity contribution in [1.29, 1.82) is 0 Å². The van der Waals surface area contributed by atoms with E-state index in [-0.39, 0.29) is 5.75 Å². The molecule has 0 radical (unpaired) electrons. The lowest BCUT2D eigenvalue weighted by Crippen LogP contribution is -2.48.